The van der Waals surface area contributed by atoms with Crippen molar-refractivity contribution in [3.05, 3.63) is 106 Å². The Morgan fingerprint density at radius 2 is 0.724 bits per heavy atom. The minimum atomic E-state index is -5.96. The number of fused-ring (bicyclic) bond motifs is 2. The Morgan fingerprint density at radius 1 is 0.345 bits per heavy atom. The van der Waals surface area contributed by atoms with Gasteiger partial charge in [-0.1, -0.05) is 0 Å². The first-order chi connectivity index (χ1) is 25.7. The van der Waals surface area contributed by atoms with Gasteiger partial charge in [-0.3, -0.25) is 0 Å². The zero-order chi connectivity index (χ0) is 44.4. The standard InChI is InChI=1S/C54H77O3P/c1-48(2,3)35-25-33-27-41(51(10,11)12)39(31-37(33)42(29-35)52(13,14)15)47-40(50(7,8)9)23-22-24-45(47)58(55,56,57)46-32-38-34(28-44(46)54(19,20)21)26-36(49(4,5)6)30-43(38)53(16,17)18/h22-32,55-57H,1-21H3. The summed E-state index contributed by atoms with van der Waals surface area (Å²) in [4.78, 5) is 40.2. The van der Waals surface area contributed by atoms with E-state index in [9.17, 15) is 14.7 Å². The molecule has 0 saturated carbocycles. The van der Waals surface area contributed by atoms with Gasteiger partial charge in [0, 0.05) is 0 Å². The van der Waals surface area contributed by atoms with E-state index in [0.717, 1.165) is 44.0 Å². The van der Waals surface area contributed by atoms with Gasteiger partial charge in [0.15, 0.2) is 0 Å². The van der Waals surface area contributed by atoms with E-state index < -0.39 is 18.1 Å². The summed E-state index contributed by atoms with van der Waals surface area (Å²) >= 11 is 0. The van der Waals surface area contributed by atoms with Crippen LogP contribution in [0.1, 0.15) is 184 Å². The summed E-state index contributed by atoms with van der Waals surface area (Å²) in [5.74, 6) is 0. The van der Waals surface area contributed by atoms with Crippen molar-refractivity contribution in [2.75, 3.05) is 0 Å². The average Bonchev–Trinajstić information content (AvgIpc) is 3.02. The van der Waals surface area contributed by atoms with Crippen molar-refractivity contribution in [1.82, 2.24) is 0 Å². The van der Waals surface area contributed by atoms with Gasteiger partial charge in [0.05, 0.1) is 0 Å². The molecule has 5 rings (SSSR count). The van der Waals surface area contributed by atoms with Gasteiger partial charge in [-0.15, -0.1) is 0 Å². The van der Waals surface area contributed by atoms with E-state index >= 15 is 0 Å². The normalized spacial score (nSPS) is 14.9. The Morgan fingerprint density at radius 3 is 1.10 bits per heavy atom. The van der Waals surface area contributed by atoms with Crippen molar-refractivity contribution in [2.45, 2.75) is 183 Å². The molecule has 4 heteroatoms. The molecular formula is C54H77O3P. The van der Waals surface area contributed by atoms with Gasteiger partial charge in [0.25, 0.3) is 0 Å². The maximum absolute atomic E-state index is 13.4. The number of rotatable bonds is 3. The van der Waals surface area contributed by atoms with E-state index in [0.29, 0.717) is 5.56 Å². The molecule has 0 spiro atoms. The van der Waals surface area contributed by atoms with E-state index in [1.54, 1.807) is 6.07 Å². The summed E-state index contributed by atoms with van der Waals surface area (Å²) in [7, 11) is -5.96. The van der Waals surface area contributed by atoms with Crippen molar-refractivity contribution in [3.63, 3.8) is 0 Å². The van der Waals surface area contributed by atoms with Crippen LogP contribution < -0.4 is 10.6 Å². The van der Waals surface area contributed by atoms with Crippen molar-refractivity contribution in [2.24, 2.45) is 0 Å². The molecule has 3 N–H and O–H groups in total. The molecule has 0 bridgehead atoms. The van der Waals surface area contributed by atoms with Crippen molar-refractivity contribution in [1.29, 1.82) is 0 Å². The average molecular weight is 805 g/mol. The Kier molecular flexibility index (Phi) is 10.9. The van der Waals surface area contributed by atoms with Crippen LogP contribution in [0.5, 0.6) is 0 Å². The number of benzene rings is 5. The zero-order valence-electron chi connectivity index (χ0n) is 40.1. The summed E-state index contributed by atoms with van der Waals surface area (Å²) in [6.07, 6.45) is 0. The fourth-order valence-electron chi connectivity index (χ4n) is 8.61. The van der Waals surface area contributed by atoms with Crippen LogP contribution in [0.15, 0.2) is 66.7 Å². The molecule has 316 valence electrons. The van der Waals surface area contributed by atoms with Gasteiger partial charge in [-0.2, -0.15) is 0 Å². The van der Waals surface area contributed by atoms with E-state index in [2.05, 4.69) is 194 Å². The second-order valence-electron chi connectivity index (χ2n) is 24.7. The predicted molar refractivity (Wildman–Crippen MR) is 257 cm³/mol. The van der Waals surface area contributed by atoms with Crippen LogP contribution in [0, 0.1) is 0 Å². The van der Waals surface area contributed by atoms with Crippen LogP contribution in [-0.4, -0.2) is 14.7 Å². The fraction of sp³-hybridized carbons (Fsp3) is 0.519. The SMILES string of the molecule is CC(C)(C)c1cc(C(C)(C)C)c2cc(-c3c(C(C)(C)C)cccc3P(O)(O)(O)c3cc4c(C(C)(C)C)cc(C(C)(C)C)cc4cc3C(C)(C)C)c(C(C)(C)C)cc2c1. The van der Waals surface area contributed by atoms with Crippen LogP contribution in [0.3, 0.4) is 0 Å². The first-order valence-corrected chi connectivity index (χ1v) is 23.5. The fourth-order valence-corrected chi connectivity index (χ4v) is 11.1. The van der Waals surface area contributed by atoms with Crippen LogP contribution in [0.4, 0.5) is 0 Å². The molecule has 5 aromatic rings. The Hall–Kier alpha value is -3.07. The molecule has 3 nitrogen and oxygen atoms in total. The third-order valence-electron chi connectivity index (χ3n) is 12.1. The summed E-state index contributed by atoms with van der Waals surface area (Å²) < 4.78 is 0. The van der Waals surface area contributed by atoms with Crippen LogP contribution in [-0.2, 0) is 37.9 Å². The molecule has 0 aliphatic rings. The molecule has 58 heavy (non-hydrogen) atoms. The van der Waals surface area contributed by atoms with Crippen LogP contribution in [0.2, 0.25) is 0 Å². The van der Waals surface area contributed by atoms with Gasteiger partial charge >= 0.3 is 354 Å². The van der Waals surface area contributed by atoms with Gasteiger partial charge in [-0.25, -0.2) is 0 Å². The summed E-state index contributed by atoms with van der Waals surface area (Å²) in [6.45, 7) is 46.4. The monoisotopic (exact) mass is 805 g/mol. The van der Waals surface area contributed by atoms with Gasteiger partial charge in [0.1, 0.15) is 0 Å². The van der Waals surface area contributed by atoms with Gasteiger partial charge in [0.2, 0.25) is 0 Å². The van der Waals surface area contributed by atoms with E-state index in [1.165, 1.54) is 22.1 Å². The molecule has 0 aliphatic heterocycles. The van der Waals surface area contributed by atoms with E-state index in [-0.39, 0.29) is 37.7 Å². The third-order valence-corrected chi connectivity index (χ3v) is 14.6. The van der Waals surface area contributed by atoms with Crippen molar-refractivity contribution < 1.29 is 14.7 Å². The van der Waals surface area contributed by atoms with Crippen LogP contribution in [0.25, 0.3) is 32.7 Å². The molecule has 0 unspecified atom stereocenters. The zero-order valence-corrected chi connectivity index (χ0v) is 41.0. The molecule has 0 aromatic heterocycles. The summed E-state index contributed by atoms with van der Waals surface area (Å²) in [5, 5.41) is 4.65. The quantitative estimate of drug-likeness (QED) is 0.159. The van der Waals surface area contributed by atoms with Crippen molar-refractivity contribution >= 4 is 39.4 Å². The maximum atomic E-state index is 13.4. The molecule has 0 saturated heterocycles. The second kappa shape index (κ2) is 13.7. The van der Waals surface area contributed by atoms with E-state index in [1.807, 2.05) is 12.1 Å². The Bertz CT molecular complexity index is 2400. The molecule has 5 aromatic carbocycles. The Balaban J connectivity index is 2.06. The van der Waals surface area contributed by atoms with Crippen molar-refractivity contribution in [3.8, 4) is 11.1 Å². The van der Waals surface area contributed by atoms with Crippen LogP contribution >= 0.6 is 7.28 Å². The second-order valence-corrected chi connectivity index (χ2v) is 27.6. The first kappa shape index (κ1) is 46.0. The summed E-state index contributed by atoms with van der Waals surface area (Å²) in [5.41, 5.74) is 7.44. The molecule has 0 radical (unpaired) electrons. The topological polar surface area (TPSA) is 60.7 Å². The predicted octanol–water partition coefficient (Wildman–Crippen LogP) is 14.0. The molecular weight excluding hydrogens is 728 g/mol. The number of hydrogen-bond donors (Lipinski definition) is 3. The van der Waals surface area contributed by atoms with Gasteiger partial charge < -0.3 is 0 Å². The molecule has 0 heterocycles. The number of hydrogen-bond acceptors (Lipinski definition) is 3. The summed E-state index contributed by atoms with van der Waals surface area (Å²) in [6, 6.07) is 23.7. The molecule has 0 amide bonds. The van der Waals surface area contributed by atoms with E-state index in [4.69, 9.17) is 0 Å². The first-order valence-electron chi connectivity index (χ1n) is 21.4. The van der Waals surface area contributed by atoms with Gasteiger partial charge in [-0.05, 0) is 0 Å². The minimum absolute atomic E-state index is 0.0472. The molecule has 0 aliphatic carbocycles. The molecule has 0 atom stereocenters. The Labute approximate surface area is 352 Å². The third kappa shape index (κ3) is 8.59. The molecule has 0 fully saturated rings.